The van der Waals surface area contributed by atoms with Crippen molar-refractivity contribution in [3.8, 4) is 0 Å². The molecule has 0 radical (unpaired) electrons. The van der Waals surface area contributed by atoms with Crippen LogP contribution in [-0.2, 0) is 6.54 Å². The van der Waals surface area contributed by atoms with Crippen LogP contribution in [0.4, 0.5) is 5.69 Å². The second kappa shape index (κ2) is 6.35. The van der Waals surface area contributed by atoms with Gasteiger partial charge in [0.25, 0.3) is 5.69 Å². The number of rotatable bonds is 5. The minimum Gasteiger partial charge on any atom is -0.302 e. The van der Waals surface area contributed by atoms with Crippen LogP contribution in [0, 0.1) is 16.0 Å². The van der Waals surface area contributed by atoms with Crippen molar-refractivity contribution in [1.82, 2.24) is 4.90 Å². The van der Waals surface area contributed by atoms with Gasteiger partial charge in [0.15, 0.2) is 0 Å². The number of hydrogen-bond donors (Lipinski definition) is 0. The van der Waals surface area contributed by atoms with Crippen molar-refractivity contribution in [2.45, 2.75) is 32.2 Å². The number of benzene rings is 1. The lowest BCUT2D eigenvalue weighted by Crippen LogP contribution is -2.24. The van der Waals surface area contributed by atoms with E-state index in [1.165, 1.54) is 31.7 Å². The van der Waals surface area contributed by atoms with Crippen LogP contribution >= 0.6 is 11.6 Å². The molecule has 1 aromatic carbocycles. The van der Waals surface area contributed by atoms with Crippen LogP contribution in [0.3, 0.4) is 0 Å². The monoisotopic (exact) mass is 282 g/mol. The number of non-ortho nitro benzene ring substituents is 1. The van der Waals surface area contributed by atoms with E-state index < -0.39 is 0 Å². The lowest BCUT2D eigenvalue weighted by molar-refractivity contribution is -0.384. The van der Waals surface area contributed by atoms with Crippen LogP contribution in [0.15, 0.2) is 18.2 Å². The van der Waals surface area contributed by atoms with Gasteiger partial charge in [-0.3, -0.25) is 10.1 Å². The molecule has 1 aliphatic rings. The second-order valence-electron chi connectivity index (χ2n) is 5.38. The molecule has 104 valence electrons. The molecular formula is C14H19ClN2O2. The molecule has 0 heterocycles. The van der Waals surface area contributed by atoms with Gasteiger partial charge in [0.1, 0.15) is 0 Å². The first-order chi connectivity index (χ1) is 9.06. The number of halogens is 1. The first kappa shape index (κ1) is 14.3. The zero-order valence-electron chi connectivity index (χ0n) is 11.1. The largest absolute Gasteiger partial charge is 0.302 e. The van der Waals surface area contributed by atoms with E-state index in [2.05, 4.69) is 4.90 Å². The fourth-order valence-electron chi connectivity index (χ4n) is 2.78. The molecule has 0 atom stereocenters. The van der Waals surface area contributed by atoms with Crippen LogP contribution in [0.1, 0.15) is 31.2 Å². The molecular weight excluding hydrogens is 264 g/mol. The summed E-state index contributed by atoms with van der Waals surface area (Å²) in [5.74, 6) is 0.766. The Labute approximate surface area is 118 Å². The van der Waals surface area contributed by atoms with E-state index in [0.717, 1.165) is 18.0 Å². The Morgan fingerprint density at radius 3 is 2.74 bits per heavy atom. The highest BCUT2D eigenvalue weighted by Crippen LogP contribution is 2.27. The molecule has 0 aliphatic heterocycles. The van der Waals surface area contributed by atoms with Crippen LogP contribution in [0.25, 0.3) is 0 Å². The highest BCUT2D eigenvalue weighted by atomic mass is 35.5. The molecule has 2 rings (SSSR count). The number of nitro groups is 1. The van der Waals surface area contributed by atoms with Crippen LogP contribution in [-0.4, -0.2) is 23.4 Å². The number of nitro benzene ring substituents is 1. The normalized spacial score (nSPS) is 16.2. The molecule has 0 aromatic heterocycles. The average Bonchev–Trinajstić information content (AvgIpc) is 2.84. The third kappa shape index (κ3) is 3.91. The summed E-state index contributed by atoms with van der Waals surface area (Å²) in [5, 5.41) is 11.4. The molecule has 0 amide bonds. The van der Waals surface area contributed by atoms with Gasteiger partial charge in [0.2, 0.25) is 0 Å². The van der Waals surface area contributed by atoms with E-state index in [1.807, 2.05) is 7.05 Å². The molecule has 1 aliphatic carbocycles. The van der Waals surface area contributed by atoms with Crippen molar-refractivity contribution < 1.29 is 4.92 Å². The van der Waals surface area contributed by atoms with Gasteiger partial charge >= 0.3 is 0 Å². The fourth-order valence-corrected chi connectivity index (χ4v) is 2.96. The smallest absolute Gasteiger partial charge is 0.269 e. The van der Waals surface area contributed by atoms with Gasteiger partial charge in [0, 0.05) is 30.2 Å². The summed E-state index contributed by atoms with van der Waals surface area (Å²) < 4.78 is 0. The summed E-state index contributed by atoms with van der Waals surface area (Å²) in [6, 6.07) is 4.63. The van der Waals surface area contributed by atoms with Gasteiger partial charge < -0.3 is 4.90 Å². The molecule has 1 saturated carbocycles. The summed E-state index contributed by atoms with van der Waals surface area (Å²) in [4.78, 5) is 12.6. The number of hydrogen-bond acceptors (Lipinski definition) is 3. The topological polar surface area (TPSA) is 46.4 Å². The zero-order valence-corrected chi connectivity index (χ0v) is 11.9. The van der Waals surface area contributed by atoms with Crippen molar-refractivity contribution >= 4 is 17.3 Å². The average molecular weight is 283 g/mol. The Kier molecular flexibility index (Phi) is 4.77. The van der Waals surface area contributed by atoms with Crippen molar-refractivity contribution in [2.75, 3.05) is 13.6 Å². The maximum atomic E-state index is 10.8. The second-order valence-corrected chi connectivity index (χ2v) is 5.79. The van der Waals surface area contributed by atoms with Crippen molar-refractivity contribution in [2.24, 2.45) is 5.92 Å². The maximum absolute atomic E-state index is 10.8. The van der Waals surface area contributed by atoms with Gasteiger partial charge in [-0.1, -0.05) is 24.4 Å². The molecule has 19 heavy (non-hydrogen) atoms. The van der Waals surface area contributed by atoms with Gasteiger partial charge in [-0.25, -0.2) is 0 Å². The van der Waals surface area contributed by atoms with Crippen LogP contribution in [0.5, 0.6) is 0 Å². The lowest BCUT2D eigenvalue weighted by atomic mass is 10.1. The summed E-state index contributed by atoms with van der Waals surface area (Å²) >= 11 is 6.11. The minimum absolute atomic E-state index is 0.105. The molecule has 1 fully saturated rings. The highest BCUT2D eigenvalue weighted by Gasteiger charge is 2.18. The van der Waals surface area contributed by atoms with E-state index in [-0.39, 0.29) is 10.6 Å². The first-order valence-corrected chi connectivity index (χ1v) is 7.05. The fraction of sp³-hybridized carbons (Fsp3) is 0.571. The summed E-state index contributed by atoms with van der Waals surface area (Å²) in [5.41, 5.74) is 0.935. The predicted molar refractivity (Wildman–Crippen MR) is 76.4 cm³/mol. The lowest BCUT2D eigenvalue weighted by Gasteiger charge is -2.21. The molecule has 0 unspecified atom stereocenters. The summed E-state index contributed by atoms with van der Waals surface area (Å²) in [7, 11) is 2.05. The Morgan fingerprint density at radius 1 is 1.42 bits per heavy atom. The SMILES string of the molecule is CN(Cc1cc([N+](=O)[O-])ccc1Cl)CC1CCCC1. The summed E-state index contributed by atoms with van der Waals surface area (Å²) in [6.07, 6.45) is 5.26. The number of nitrogens with zero attached hydrogens (tertiary/aromatic N) is 2. The maximum Gasteiger partial charge on any atom is 0.269 e. The molecule has 0 spiro atoms. The van der Waals surface area contributed by atoms with Crippen molar-refractivity contribution in [3.05, 3.63) is 38.9 Å². The molecule has 1 aromatic rings. The minimum atomic E-state index is -0.378. The van der Waals surface area contributed by atoms with E-state index in [9.17, 15) is 10.1 Å². The molecule has 5 heteroatoms. The Balaban J connectivity index is 2.00. The summed E-state index contributed by atoms with van der Waals surface area (Å²) in [6.45, 7) is 1.70. The third-order valence-corrected chi connectivity index (χ3v) is 4.09. The quantitative estimate of drug-likeness (QED) is 0.608. The van der Waals surface area contributed by atoms with E-state index in [1.54, 1.807) is 12.1 Å². The van der Waals surface area contributed by atoms with E-state index >= 15 is 0 Å². The highest BCUT2D eigenvalue weighted by molar-refractivity contribution is 6.31. The Hall–Kier alpha value is -1.13. The van der Waals surface area contributed by atoms with Gasteiger partial charge in [-0.15, -0.1) is 0 Å². The molecule has 4 nitrogen and oxygen atoms in total. The Bertz CT molecular complexity index is 459. The predicted octanol–water partition coefficient (Wildman–Crippen LogP) is 3.87. The van der Waals surface area contributed by atoms with Gasteiger partial charge in [-0.2, -0.15) is 0 Å². The molecule has 0 N–H and O–H groups in total. The van der Waals surface area contributed by atoms with Crippen LogP contribution in [0.2, 0.25) is 5.02 Å². The molecule has 0 saturated heterocycles. The van der Waals surface area contributed by atoms with Crippen molar-refractivity contribution in [1.29, 1.82) is 0 Å². The van der Waals surface area contributed by atoms with Crippen LogP contribution < -0.4 is 0 Å². The van der Waals surface area contributed by atoms with E-state index in [0.29, 0.717) is 11.6 Å². The standard InChI is InChI=1S/C14H19ClN2O2/c1-16(9-11-4-2-3-5-11)10-12-8-13(17(18)19)6-7-14(12)15/h6-8,11H,2-5,9-10H2,1H3. The van der Waals surface area contributed by atoms with Gasteiger partial charge in [-0.05, 0) is 37.4 Å². The Morgan fingerprint density at radius 2 is 2.11 bits per heavy atom. The van der Waals surface area contributed by atoms with Gasteiger partial charge in [0.05, 0.1) is 4.92 Å². The zero-order chi connectivity index (χ0) is 13.8. The van der Waals surface area contributed by atoms with Crippen molar-refractivity contribution in [3.63, 3.8) is 0 Å². The molecule has 0 bridgehead atoms. The third-order valence-electron chi connectivity index (χ3n) is 3.72. The first-order valence-electron chi connectivity index (χ1n) is 6.67. The van der Waals surface area contributed by atoms with E-state index in [4.69, 9.17) is 11.6 Å².